The zero-order chi connectivity index (χ0) is 14.8. The maximum absolute atomic E-state index is 10.6. The summed E-state index contributed by atoms with van der Waals surface area (Å²) in [5, 5.41) is 18.6. The third-order valence-electron chi connectivity index (χ3n) is 2.97. The van der Waals surface area contributed by atoms with Crippen molar-refractivity contribution in [2.75, 3.05) is 0 Å². The summed E-state index contributed by atoms with van der Waals surface area (Å²) in [6.07, 6.45) is 3.46. The van der Waals surface area contributed by atoms with Gasteiger partial charge in [-0.3, -0.25) is 14.8 Å². The van der Waals surface area contributed by atoms with Crippen LogP contribution in [0.3, 0.4) is 0 Å². The number of nitrogens with zero attached hydrogens (tertiary/aromatic N) is 5. The number of hydrogen-bond donors (Lipinski definition) is 0. The van der Waals surface area contributed by atoms with Crippen LogP contribution in [-0.2, 0) is 6.54 Å². The number of aromatic nitrogens is 4. The second-order valence-corrected chi connectivity index (χ2v) is 4.31. The Bertz CT molecular complexity index is 775. The molecule has 0 saturated carbocycles. The van der Waals surface area contributed by atoms with Gasteiger partial charge in [-0.1, -0.05) is 5.16 Å². The number of rotatable bonds is 4. The highest BCUT2D eigenvalue weighted by Gasteiger charge is 2.13. The van der Waals surface area contributed by atoms with E-state index >= 15 is 0 Å². The smallest absolute Gasteiger partial charge is 0.269 e. The molecule has 0 bridgehead atoms. The van der Waals surface area contributed by atoms with Gasteiger partial charge in [0.05, 0.1) is 16.7 Å². The molecule has 0 aliphatic heterocycles. The molecule has 8 heteroatoms. The first-order valence-corrected chi connectivity index (χ1v) is 6.28. The average molecular weight is 285 g/mol. The molecule has 0 N–H and O–H groups in total. The first kappa shape index (κ1) is 13.0. The Kier molecular flexibility index (Phi) is 3.19. The topological polar surface area (TPSA) is 99.9 Å². The highest BCUT2D eigenvalue weighted by molar-refractivity contribution is 5.60. The van der Waals surface area contributed by atoms with E-state index in [0.717, 1.165) is 12.1 Å². The fraction of sp³-hybridized carbons (Fsp3) is 0.154. The Morgan fingerprint density at radius 2 is 2.05 bits per heavy atom. The quantitative estimate of drug-likeness (QED) is 0.539. The summed E-state index contributed by atoms with van der Waals surface area (Å²) in [6, 6.07) is 5.98. The molecule has 0 saturated heterocycles. The molecule has 3 aromatic rings. The van der Waals surface area contributed by atoms with Crippen LogP contribution in [0.2, 0.25) is 0 Å². The van der Waals surface area contributed by atoms with Gasteiger partial charge in [0.2, 0.25) is 5.82 Å². The number of hydrogen-bond acceptors (Lipinski definition) is 6. The molecule has 0 fully saturated rings. The first-order chi connectivity index (χ1) is 10.2. The Morgan fingerprint density at radius 3 is 2.67 bits per heavy atom. The van der Waals surface area contributed by atoms with Gasteiger partial charge in [0, 0.05) is 30.4 Å². The third kappa shape index (κ3) is 2.50. The summed E-state index contributed by atoms with van der Waals surface area (Å²) in [5.41, 5.74) is 1.41. The maximum atomic E-state index is 10.6. The average Bonchev–Trinajstić information content (AvgIpc) is 3.16. The van der Waals surface area contributed by atoms with E-state index in [0.29, 0.717) is 17.3 Å². The largest absolute Gasteiger partial charge is 0.333 e. The van der Waals surface area contributed by atoms with Gasteiger partial charge in [-0.05, 0) is 19.1 Å². The maximum Gasteiger partial charge on any atom is 0.269 e. The van der Waals surface area contributed by atoms with Crippen LogP contribution in [0.5, 0.6) is 0 Å². The van der Waals surface area contributed by atoms with Gasteiger partial charge < -0.3 is 4.52 Å². The third-order valence-corrected chi connectivity index (χ3v) is 2.97. The van der Waals surface area contributed by atoms with Crippen molar-refractivity contribution in [3.63, 3.8) is 0 Å². The van der Waals surface area contributed by atoms with Crippen LogP contribution in [0, 0.1) is 10.1 Å². The van der Waals surface area contributed by atoms with Crippen LogP contribution in [-0.4, -0.2) is 24.8 Å². The molecule has 8 nitrogen and oxygen atoms in total. The lowest BCUT2D eigenvalue weighted by molar-refractivity contribution is -0.384. The van der Waals surface area contributed by atoms with E-state index in [1.165, 1.54) is 12.1 Å². The molecule has 2 aromatic heterocycles. The zero-order valence-electron chi connectivity index (χ0n) is 11.1. The van der Waals surface area contributed by atoms with E-state index in [9.17, 15) is 10.1 Å². The standard InChI is InChI=1S/C13H11N5O3/c1-2-17-8-10(7-14-17)13-15-12(16-21-13)9-3-5-11(6-4-9)18(19)20/h3-8H,2H2,1H3. The number of benzene rings is 1. The van der Waals surface area contributed by atoms with Crippen LogP contribution in [0.1, 0.15) is 6.92 Å². The molecule has 0 aliphatic rings. The molecular weight excluding hydrogens is 274 g/mol. The van der Waals surface area contributed by atoms with Crippen LogP contribution >= 0.6 is 0 Å². The predicted molar refractivity (Wildman–Crippen MR) is 73.3 cm³/mol. The van der Waals surface area contributed by atoms with Gasteiger partial charge in [0.25, 0.3) is 11.6 Å². The van der Waals surface area contributed by atoms with Crippen molar-refractivity contribution in [1.82, 2.24) is 19.9 Å². The van der Waals surface area contributed by atoms with E-state index in [1.54, 1.807) is 23.0 Å². The molecule has 3 rings (SSSR count). The lowest BCUT2D eigenvalue weighted by Gasteiger charge is -1.93. The van der Waals surface area contributed by atoms with Crippen LogP contribution < -0.4 is 0 Å². The SMILES string of the molecule is CCn1cc(-c2nc(-c3ccc([N+](=O)[O-])cc3)no2)cn1. The minimum atomic E-state index is -0.454. The van der Waals surface area contributed by atoms with Crippen molar-refractivity contribution < 1.29 is 9.45 Å². The Labute approximate surface area is 119 Å². The van der Waals surface area contributed by atoms with Crippen LogP contribution in [0.25, 0.3) is 22.8 Å². The summed E-state index contributed by atoms with van der Waals surface area (Å²) in [5.74, 6) is 0.743. The van der Waals surface area contributed by atoms with E-state index in [1.807, 2.05) is 13.1 Å². The van der Waals surface area contributed by atoms with E-state index in [-0.39, 0.29) is 5.69 Å². The van der Waals surface area contributed by atoms with Crippen LogP contribution in [0.4, 0.5) is 5.69 Å². The summed E-state index contributed by atoms with van der Waals surface area (Å²) >= 11 is 0. The zero-order valence-corrected chi connectivity index (χ0v) is 11.1. The first-order valence-electron chi connectivity index (χ1n) is 6.28. The molecule has 0 amide bonds. The van der Waals surface area contributed by atoms with Crippen molar-refractivity contribution in [2.24, 2.45) is 0 Å². The number of nitro groups is 1. The minimum Gasteiger partial charge on any atom is -0.333 e. The highest BCUT2D eigenvalue weighted by atomic mass is 16.6. The number of non-ortho nitro benzene ring substituents is 1. The van der Waals surface area contributed by atoms with Crippen molar-refractivity contribution in [1.29, 1.82) is 0 Å². The van der Waals surface area contributed by atoms with E-state index in [2.05, 4.69) is 15.2 Å². The van der Waals surface area contributed by atoms with Gasteiger partial charge >= 0.3 is 0 Å². The number of nitro benzene ring substituents is 1. The Hall–Kier alpha value is -3.03. The molecule has 0 spiro atoms. The van der Waals surface area contributed by atoms with Crippen LogP contribution in [0.15, 0.2) is 41.2 Å². The van der Waals surface area contributed by atoms with Crippen molar-refractivity contribution in [3.05, 3.63) is 46.8 Å². The predicted octanol–water partition coefficient (Wildman–Crippen LogP) is 2.53. The van der Waals surface area contributed by atoms with Gasteiger partial charge in [-0.15, -0.1) is 0 Å². The summed E-state index contributed by atoms with van der Waals surface area (Å²) in [7, 11) is 0. The second kappa shape index (κ2) is 5.16. The normalized spacial score (nSPS) is 10.7. The molecule has 0 unspecified atom stereocenters. The van der Waals surface area contributed by atoms with Crippen molar-refractivity contribution in [2.45, 2.75) is 13.5 Å². The molecule has 0 atom stereocenters. The number of aryl methyl sites for hydroxylation is 1. The molecule has 0 aliphatic carbocycles. The van der Waals surface area contributed by atoms with Crippen molar-refractivity contribution >= 4 is 5.69 Å². The Balaban J connectivity index is 1.88. The summed E-state index contributed by atoms with van der Waals surface area (Å²) < 4.78 is 6.95. The second-order valence-electron chi connectivity index (χ2n) is 4.31. The van der Waals surface area contributed by atoms with Crippen molar-refractivity contribution in [3.8, 4) is 22.8 Å². The molecule has 106 valence electrons. The molecule has 1 aromatic carbocycles. The molecule has 0 radical (unpaired) electrons. The van der Waals surface area contributed by atoms with Gasteiger partial charge in [0.1, 0.15) is 0 Å². The van der Waals surface area contributed by atoms with Gasteiger partial charge in [-0.25, -0.2) is 0 Å². The fourth-order valence-corrected chi connectivity index (χ4v) is 1.84. The lowest BCUT2D eigenvalue weighted by atomic mass is 10.2. The van der Waals surface area contributed by atoms with Gasteiger partial charge in [0.15, 0.2) is 0 Å². The fourth-order valence-electron chi connectivity index (χ4n) is 1.84. The monoisotopic (exact) mass is 285 g/mol. The van der Waals surface area contributed by atoms with E-state index < -0.39 is 4.92 Å². The summed E-state index contributed by atoms with van der Waals surface area (Å²) in [4.78, 5) is 14.4. The lowest BCUT2D eigenvalue weighted by Crippen LogP contribution is -1.91. The van der Waals surface area contributed by atoms with E-state index in [4.69, 9.17) is 4.52 Å². The molecular formula is C13H11N5O3. The summed E-state index contributed by atoms with van der Waals surface area (Å²) in [6.45, 7) is 2.73. The van der Waals surface area contributed by atoms with Gasteiger partial charge in [-0.2, -0.15) is 10.1 Å². The minimum absolute atomic E-state index is 0.0201. The molecule has 2 heterocycles. The molecule has 21 heavy (non-hydrogen) atoms. The highest BCUT2D eigenvalue weighted by Crippen LogP contribution is 2.23. The Morgan fingerprint density at radius 1 is 1.29 bits per heavy atom.